The topological polar surface area (TPSA) is 52.1 Å². The van der Waals surface area contributed by atoms with E-state index in [-0.39, 0.29) is 5.41 Å². The number of pyridine rings is 2. The van der Waals surface area contributed by atoms with Gasteiger partial charge in [-0.25, -0.2) is 4.98 Å². The molecule has 156 valence electrons. The Labute approximate surface area is 185 Å². The Bertz CT molecular complexity index is 1620. The number of fused-ring (bicyclic) bond motifs is 3. The fourth-order valence-electron chi connectivity index (χ4n) is 4.40. The molecule has 0 N–H and O–H groups in total. The number of hydrogen-bond acceptors (Lipinski definition) is 4. The van der Waals surface area contributed by atoms with Gasteiger partial charge in [0.15, 0.2) is 0 Å². The second-order valence-corrected chi connectivity index (χ2v) is 9.22. The van der Waals surface area contributed by atoms with Gasteiger partial charge in [-0.15, -0.1) is 0 Å². The van der Waals surface area contributed by atoms with Gasteiger partial charge in [0.05, 0.1) is 12.0 Å². The molecule has 6 aromatic rings. The van der Waals surface area contributed by atoms with Crippen LogP contribution in [0.1, 0.15) is 26.3 Å². The normalized spacial score (nSPS) is 12.2. The van der Waals surface area contributed by atoms with Crippen molar-refractivity contribution in [2.75, 3.05) is 0 Å². The highest BCUT2D eigenvalue weighted by Crippen LogP contribution is 2.38. The van der Waals surface area contributed by atoms with Crippen LogP contribution in [-0.4, -0.2) is 9.97 Å². The van der Waals surface area contributed by atoms with Gasteiger partial charge in [0.1, 0.15) is 11.3 Å². The molecule has 0 saturated heterocycles. The van der Waals surface area contributed by atoms with Crippen LogP contribution in [0.2, 0.25) is 0 Å². The molecule has 0 radical (unpaired) electrons. The first-order valence-electron chi connectivity index (χ1n) is 10.7. The zero-order chi connectivity index (χ0) is 21.9. The SMILES string of the molecule is CC(C)(C)c1cc(-c2nccc3oc(-c4cnc5occc5c4)cc23)cc2ccccc12. The van der Waals surface area contributed by atoms with E-state index in [1.54, 1.807) is 12.5 Å². The van der Waals surface area contributed by atoms with Crippen LogP contribution in [0.15, 0.2) is 88.2 Å². The summed E-state index contributed by atoms with van der Waals surface area (Å²) in [5, 5.41) is 4.44. The second kappa shape index (κ2) is 6.79. The Kier molecular flexibility index (Phi) is 3.99. The van der Waals surface area contributed by atoms with Crippen LogP contribution < -0.4 is 0 Å². The molecule has 0 bridgehead atoms. The van der Waals surface area contributed by atoms with E-state index >= 15 is 0 Å². The molecule has 6 rings (SSSR count). The third-order valence-electron chi connectivity index (χ3n) is 5.98. The third kappa shape index (κ3) is 2.99. The molecule has 32 heavy (non-hydrogen) atoms. The molecule has 0 aliphatic rings. The minimum atomic E-state index is 0.0107. The minimum absolute atomic E-state index is 0.0107. The van der Waals surface area contributed by atoms with Gasteiger partial charge in [0.25, 0.3) is 0 Å². The summed E-state index contributed by atoms with van der Waals surface area (Å²) in [6.45, 7) is 6.75. The molecule has 0 aliphatic heterocycles. The largest absolute Gasteiger partial charge is 0.456 e. The monoisotopic (exact) mass is 418 g/mol. The lowest BCUT2D eigenvalue weighted by Crippen LogP contribution is -2.12. The van der Waals surface area contributed by atoms with Crippen molar-refractivity contribution in [2.24, 2.45) is 0 Å². The molecule has 4 heteroatoms. The van der Waals surface area contributed by atoms with Crippen LogP contribution in [0.5, 0.6) is 0 Å². The summed E-state index contributed by atoms with van der Waals surface area (Å²) in [6, 6.07) is 21.0. The Morgan fingerprint density at radius 2 is 1.62 bits per heavy atom. The van der Waals surface area contributed by atoms with Gasteiger partial charge >= 0.3 is 0 Å². The molecule has 0 atom stereocenters. The van der Waals surface area contributed by atoms with Gasteiger partial charge in [-0.1, -0.05) is 45.0 Å². The second-order valence-electron chi connectivity index (χ2n) is 9.22. The Balaban J connectivity index is 1.56. The smallest absolute Gasteiger partial charge is 0.225 e. The third-order valence-corrected chi connectivity index (χ3v) is 5.98. The summed E-state index contributed by atoms with van der Waals surface area (Å²) in [5.74, 6) is 0.765. The van der Waals surface area contributed by atoms with Crippen LogP contribution in [0, 0.1) is 0 Å². The van der Waals surface area contributed by atoms with Crippen molar-refractivity contribution in [2.45, 2.75) is 26.2 Å². The average Bonchev–Trinajstić information content (AvgIpc) is 3.43. The van der Waals surface area contributed by atoms with E-state index in [0.29, 0.717) is 5.71 Å². The van der Waals surface area contributed by atoms with Crippen LogP contribution in [0.4, 0.5) is 0 Å². The lowest BCUT2D eigenvalue weighted by Gasteiger charge is -2.22. The average molecular weight is 418 g/mol. The molecule has 0 saturated carbocycles. The predicted octanol–water partition coefficient (Wildman–Crippen LogP) is 7.75. The van der Waals surface area contributed by atoms with Gasteiger partial charge in [-0.2, -0.15) is 0 Å². The predicted molar refractivity (Wildman–Crippen MR) is 129 cm³/mol. The van der Waals surface area contributed by atoms with Crippen molar-refractivity contribution in [3.05, 3.63) is 84.9 Å². The Morgan fingerprint density at radius 1 is 0.781 bits per heavy atom. The van der Waals surface area contributed by atoms with Gasteiger partial charge in [-0.3, -0.25) is 4.98 Å². The molecular formula is C28H22N2O2. The number of benzene rings is 2. The number of nitrogens with zero attached hydrogens (tertiary/aromatic N) is 2. The van der Waals surface area contributed by atoms with Crippen molar-refractivity contribution in [3.63, 3.8) is 0 Å². The lowest BCUT2D eigenvalue weighted by atomic mass is 9.82. The van der Waals surface area contributed by atoms with Crippen LogP contribution in [-0.2, 0) is 5.41 Å². The van der Waals surface area contributed by atoms with Crippen molar-refractivity contribution in [1.82, 2.24) is 9.97 Å². The number of rotatable bonds is 2. The first-order valence-corrected chi connectivity index (χ1v) is 10.7. The summed E-state index contributed by atoms with van der Waals surface area (Å²) in [7, 11) is 0. The van der Waals surface area contributed by atoms with E-state index in [9.17, 15) is 0 Å². The van der Waals surface area contributed by atoms with Crippen LogP contribution in [0.3, 0.4) is 0 Å². The molecule has 4 nitrogen and oxygen atoms in total. The van der Waals surface area contributed by atoms with Gasteiger partial charge in [0.2, 0.25) is 5.71 Å². The summed E-state index contributed by atoms with van der Waals surface area (Å²) >= 11 is 0. The first-order chi connectivity index (χ1) is 15.5. The fourth-order valence-corrected chi connectivity index (χ4v) is 4.40. The van der Waals surface area contributed by atoms with Crippen LogP contribution >= 0.6 is 0 Å². The van der Waals surface area contributed by atoms with Crippen molar-refractivity contribution >= 4 is 32.8 Å². The van der Waals surface area contributed by atoms with Crippen LogP contribution in [0.25, 0.3) is 55.4 Å². The van der Waals surface area contributed by atoms with E-state index < -0.39 is 0 Å². The van der Waals surface area contributed by atoms with Gasteiger partial charge in [-0.05, 0) is 58.1 Å². The summed E-state index contributed by atoms with van der Waals surface area (Å²) < 4.78 is 11.6. The molecule has 0 spiro atoms. The first kappa shape index (κ1) is 18.8. The van der Waals surface area contributed by atoms with Crippen molar-refractivity contribution in [1.29, 1.82) is 0 Å². The van der Waals surface area contributed by atoms with E-state index in [1.807, 2.05) is 24.4 Å². The molecule has 0 aliphatic carbocycles. The Morgan fingerprint density at radius 3 is 2.50 bits per heavy atom. The number of hydrogen-bond donors (Lipinski definition) is 0. The van der Waals surface area contributed by atoms with E-state index in [0.717, 1.165) is 38.9 Å². The van der Waals surface area contributed by atoms with Gasteiger partial charge in [0, 0.05) is 34.3 Å². The number of furan rings is 2. The maximum absolute atomic E-state index is 6.22. The van der Waals surface area contributed by atoms with E-state index in [2.05, 4.69) is 68.2 Å². The molecule has 4 aromatic heterocycles. The highest BCUT2D eigenvalue weighted by atomic mass is 16.3. The highest BCUT2D eigenvalue weighted by Gasteiger charge is 2.20. The van der Waals surface area contributed by atoms with E-state index in [4.69, 9.17) is 13.8 Å². The highest BCUT2D eigenvalue weighted by molar-refractivity contribution is 5.98. The molecular weight excluding hydrogens is 396 g/mol. The lowest BCUT2D eigenvalue weighted by molar-refractivity contribution is 0.596. The summed E-state index contributed by atoms with van der Waals surface area (Å²) in [5.41, 5.74) is 5.68. The maximum atomic E-state index is 6.22. The van der Waals surface area contributed by atoms with Gasteiger partial charge < -0.3 is 8.83 Å². The van der Waals surface area contributed by atoms with E-state index in [1.165, 1.54) is 16.3 Å². The molecule has 0 amide bonds. The number of aromatic nitrogens is 2. The molecule has 0 fully saturated rings. The summed E-state index contributed by atoms with van der Waals surface area (Å²) in [6.07, 6.45) is 5.24. The Hall–Kier alpha value is -3.92. The van der Waals surface area contributed by atoms with Crippen molar-refractivity contribution in [3.8, 4) is 22.6 Å². The molecule has 2 aromatic carbocycles. The van der Waals surface area contributed by atoms with Crippen molar-refractivity contribution < 1.29 is 8.83 Å². The zero-order valence-electron chi connectivity index (χ0n) is 18.2. The molecule has 0 unspecified atom stereocenters. The summed E-state index contributed by atoms with van der Waals surface area (Å²) in [4.78, 5) is 9.16. The minimum Gasteiger partial charge on any atom is -0.456 e. The quantitative estimate of drug-likeness (QED) is 0.288. The fraction of sp³-hybridized carbons (Fsp3) is 0.143. The molecule has 4 heterocycles. The zero-order valence-corrected chi connectivity index (χ0v) is 18.2. The maximum Gasteiger partial charge on any atom is 0.225 e. The standard InChI is InChI=1S/C28H22N2O2/c1-28(2,3)23-14-19(12-17-6-4-5-7-21(17)23)26-22-15-25(32-24(22)8-10-29-26)20-13-18-9-11-31-27(18)30-16-20/h4-16H,1-3H3.